The van der Waals surface area contributed by atoms with Gasteiger partial charge in [0.25, 0.3) is 5.91 Å². The molecular formula is C37H66N4O. The fourth-order valence-corrected chi connectivity index (χ4v) is 6.94. The number of amides is 1. The van der Waals surface area contributed by atoms with Crippen LogP contribution < -0.4 is 16.0 Å². The Balaban J connectivity index is 1.45. The molecule has 0 heterocycles. The van der Waals surface area contributed by atoms with Gasteiger partial charge in [0.2, 0.25) is 0 Å². The predicted octanol–water partition coefficient (Wildman–Crippen LogP) is 8.24. The lowest BCUT2D eigenvalue weighted by Gasteiger charge is -2.27. The molecule has 0 aliphatic heterocycles. The van der Waals surface area contributed by atoms with Crippen LogP contribution in [0.1, 0.15) is 152 Å². The summed E-state index contributed by atoms with van der Waals surface area (Å²) in [4.78, 5) is 15.2. The molecule has 2 fully saturated rings. The molecule has 0 spiro atoms. The second-order valence-corrected chi connectivity index (χ2v) is 13.3. The third-order valence-corrected chi connectivity index (χ3v) is 9.68. The highest BCUT2D eigenvalue weighted by atomic mass is 16.1. The molecule has 3 N–H and O–H groups in total. The van der Waals surface area contributed by atoms with Gasteiger partial charge in [-0.25, -0.2) is 0 Å². The van der Waals surface area contributed by atoms with Crippen molar-refractivity contribution >= 4 is 5.91 Å². The van der Waals surface area contributed by atoms with Gasteiger partial charge >= 0.3 is 0 Å². The molecule has 1 aromatic carbocycles. The van der Waals surface area contributed by atoms with Gasteiger partial charge in [0.15, 0.2) is 0 Å². The molecule has 5 heteroatoms. The van der Waals surface area contributed by atoms with E-state index in [4.69, 9.17) is 0 Å². The number of carbonyl (C=O) groups is 1. The Morgan fingerprint density at radius 3 is 1.29 bits per heavy atom. The molecule has 0 bridgehead atoms. The Morgan fingerprint density at radius 1 is 0.524 bits per heavy atom. The van der Waals surface area contributed by atoms with Gasteiger partial charge in [-0.1, -0.05) is 134 Å². The molecule has 0 unspecified atom stereocenters. The summed E-state index contributed by atoms with van der Waals surface area (Å²) >= 11 is 0. The van der Waals surface area contributed by atoms with Crippen LogP contribution in [-0.4, -0.2) is 62.2 Å². The van der Waals surface area contributed by atoms with Crippen molar-refractivity contribution in [3.8, 4) is 0 Å². The maximum atomic E-state index is 12.6. The van der Waals surface area contributed by atoms with E-state index in [1.54, 1.807) is 0 Å². The predicted molar refractivity (Wildman–Crippen MR) is 180 cm³/mol. The van der Waals surface area contributed by atoms with E-state index in [9.17, 15) is 4.79 Å². The van der Waals surface area contributed by atoms with Crippen LogP contribution in [0.15, 0.2) is 30.3 Å². The average Bonchev–Trinajstić information content (AvgIpc) is 2.99. The largest absolute Gasteiger partial charge is 0.351 e. The Labute approximate surface area is 259 Å². The molecule has 5 nitrogen and oxygen atoms in total. The number of hydrogen-bond acceptors (Lipinski definition) is 4. The lowest BCUT2D eigenvalue weighted by Crippen LogP contribution is -2.44. The summed E-state index contributed by atoms with van der Waals surface area (Å²) in [5.41, 5.74) is 0.748. The monoisotopic (exact) mass is 583 g/mol. The minimum atomic E-state index is 0.0354. The quantitative estimate of drug-likeness (QED) is 0.232. The van der Waals surface area contributed by atoms with E-state index < -0.39 is 0 Å². The zero-order valence-electron chi connectivity index (χ0n) is 27.2. The first-order chi connectivity index (χ1) is 20.8. The van der Waals surface area contributed by atoms with E-state index in [1.165, 1.54) is 141 Å². The summed E-state index contributed by atoms with van der Waals surface area (Å²) in [6.07, 6.45) is 30.7. The van der Waals surface area contributed by atoms with Gasteiger partial charge in [0.1, 0.15) is 0 Å². The zero-order valence-corrected chi connectivity index (χ0v) is 27.2. The summed E-state index contributed by atoms with van der Waals surface area (Å²) < 4.78 is 0. The number of hydrogen-bond donors (Lipinski definition) is 3. The first-order valence-corrected chi connectivity index (χ1v) is 18.3. The molecule has 1 aromatic rings. The third kappa shape index (κ3) is 17.0. The highest BCUT2D eigenvalue weighted by Crippen LogP contribution is 2.18. The second kappa shape index (κ2) is 24.0. The lowest BCUT2D eigenvalue weighted by atomic mass is 9.98. The summed E-state index contributed by atoms with van der Waals surface area (Å²) in [5.74, 6) is 0.0354. The van der Waals surface area contributed by atoms with Gasteiger partial charge < -0.3 is 16.0 Å². The SMILES string of the molecule is O=C(NCCN(CCNC1CCCCCCCCCCC1)CCNC1CCCCCCCCCCC1)c1ccccc1. The molecular weight excluding hydrogens is 516 g/mol. The van der Waals surface area contributed by atoms with E-state index in [-0.39, 0.29) is 5.91 Å². The van der Waals surface area contributed by atoms with Gasteiger partial charge in [-0.15, -0.1) is 0 Å². The standard InChI is InChI=1S/C37H66N4O/c42-37(34-22-16-15-17-23-34)40-30-33-41(31-28-38-35-24-18-11-7-3-1-4-8-12-19-25-35)32-29-39-36-26-20-13-9-5-2-6-10-14-21-27-36/h15-17,22-23,35-36,38-39H,1-14,18-21,24-33H2,(H,40,42). The van der Waals surface area contributed by atoms with Crippen molar-refractivity contribution < 1.29 is 4.79 Å². The molecule has 0 radical (unpaired) electrons. The molecule has 240 valence electrons. The molecule has 0 aromatic heterocycles. The van der Waals surface area contributed by atoms with Gasteiger partial charge in [0.05, 0.1) is 0 Å². The van der Waals surface area contributed by atoms with E-state index >= 15 is 0 Å². The van der Waals surface area contributed by atoms with Crippen molar-refractivity contribution in [2.75, 3.05) is 39.3 Å². The van der Waals surface area contributed by atoms with Crippen LogP contribution in [0.5, 0.6) is 0 Å². The highest BCUT2D eigenvalue weighted by molar-refractivity contribution is 5.94. The summed E-state index contributed by atoms with van der Waals surface area (Å²) in [6.45, 7) is 5.77. The van der Waals surface area contributed by atoms with Crippen molar-refractivity contribution in [2.45, 2.75) is 153 Å². The molecule has 0 atom stereocenters. The maximum absolute atomic E-state index is 12.6. The van der Waals surface area contributed by atoms with Crippen LogP contribution in [0, 0.1) is 0 Å². The van der Waals surface area contributed by atoms with Gasteiger partial charge in [-0.05, 0) is 37.8 Å². The number of nitrogens with zero attached hydrogens (tertiary/aromatic N) is 1. The Kier molecular flexibility index (Phi) is 20.0. The van der Waals surface area contributed by atoms with Crippen molar-refractivity contribution in [3.63, 3.8) is 0 Å². The zero-order chi connectivity index (χ0) is 29.3. The average molecular weight is 583 g/mol. The molecule has 42 heavy (non-hydrogen) atoms. The topological polar surface area (TPSA) is 56.4 Å². The van der Waals surface area contributed by atoms with E-state index in [2.05, 4.69) is 20.9 Å². The number of carbonyl (C=O) groups excluding carboxylic acids is 1. The fraction of sp³-hybridized carbons (Fsp3) is 0.811. The molecule has 2 saturated carbocycles. The molecule has 2 aliphatic carbocycles. The number of benzene rings is 1. The third-order valence-electron chi connectivity index (χ3n) is 9.68. The first kappa shape index (κ1) is 35.1. The van der Waals surface area contributed by atoms with Gasteiger partial charge in [-0.2, -0.15) is 0 Å². The normalized spacial score (nSPS) is 20.1. The Bertz CT molecular complexity index is 712. The molecule has 2 aliphatic rings. The maximum Gasteiger partial charge on any atom is 0.251 e. The number of nitrogens with one attached hydrogen (secondary N) is 3. The van der Waals surface area contributed by atoms with Crippen LogP contribution >= 0.6 is 0 Å². The van der Waals surface area contributed by atoms with Crippen LogP contribution in [0.3, 0.4) is 0 Å². The summed E-state index contributed by atoms with van der Waals surface area (Å²) in [5, 5.41) is 11.1. The lowest BCUT2D eigenvalue weighted by molar-refractivity contribution is 0.0948. The summed E-state index contributed by atoms with van der Waals surface area (Å²) in [7, 11) is 0. The van der Waals surface area contributed by atoms with Crippen LogP contribution in [-0.2, 0) is 0 Å². The van der Waals surface area contributed by atoms with Crippen LogP contribution in [0.25, 0.3) is 0 Å². The van der Waals surface area contributed by atoms with Crippen molar-refractivity contribution in [3.05, 3.63) is 35.9 Å². The number of rotatable bonds is 12. The van der Waals surface area contributed by atoms with Crippen molar-refractivity contribution in [1.82, 2.24) is 20.9 Å². The van der Waals surface area contributed by atoms with Gasteiger partial charge in [0, 0.05) is 56.9 Å². The van der Waals surface area contributed by atoms with Crippen LogP contribution in [0.4, 0.5) is 0 Å². The first-order valence-electron chi connectivity index (χ1n) is 18.3. The van der Waals surface area contributed by atoms with Gasteiger partial charge in [-0.3, -0.25) is 9.69 Å². The fourth-order valence-electron chi connectivity index (χ4n) is 6.94. The molecule has 1 amide bonds. The van der Waals surface area contributed by atoms with E-state index in [0.29, 0.717) is 18.6 Å². The van der Waals surface area contributed by atoms with Crippen molar-refractivity contribution in [1.29, 1.82) is 0 Å². The molecule has 0 saturated heterocycles. The Hall–Kier alpha value is -1.43. The summed E-state index contributed by atoms with van der Waals surface area (Å²) in [6, 6.07) is 11.0. The van der Waals surface area contributed by atoms with E-state index in [1.807, 2.05) is 30.3 Å². The van der Waals surface area contributed by atoms with Crippen molar-refractivity contribution in [2.24, 2.45) is 0 Å². The Morgan fingerprint density at radius 2 is 0.881 bits per heavy atom. The van der Waals surface area contributed by atoms with E-state index in [0.717, 1.165) is 38.3 Å². The molecule has 3 rings (SSSR count). The minimum absolute atomic E-state index is 0.0354. The second-order valence-electron chi connectivity index (χ2n) is 13.3. The smallest absolute Gasteiger partial charge is 0.251 e. The van der Waals surface area contributed by atoms with Crippen LogP contribution in [0.2, 0.25) is 0 Å². The minimum Gasteiger partial charge on any atom is -0.351 e. The highest BCUT2D eigenvalue weighted by Gasteiger charge is 2.13.